The highest BCUT2D eigenvalue weighted by Crippen LogP contribution is 2.25. The van der Waals surface area contributed by atoms with Gasteiger partial charge in [0.2, 0.25) is 5.91 Å². The molecule has 2 heterocycles. The number of nitrogens with two attached hydrogens (primary N) is 2. The number of likely N-dealkylation sites (tertiary alicyclic amines) is 1. The average molecular weight is 274 g/mol. The van der Waals surface area contributed by atoms with E-state index >= 15 is 0 Å². The summed E-state index contributed by atoms with van der Waals surface area (Å²) in [7, 11) is 0. The van der Waals surface area contributed by atoms with Crippen LogP contribution in [0.3, 0.4) is 0 Å². The van der Waals surface area contributed by atoms with Gasteiger partial charge in [0.15, 0.2) is 0 Å². The molecule has 1 atom stereocenters. The Kier molecular flexibility index (Phi) is 3.53. The number of amides is 1. The molecule has 0 radical (unpaired) electrons. The standard InChI is InChI=1S/C15H22N4O/c16-11-1-3-12(4-2-11)18-8-5-13(6-9-18)19-10-7-14(17)15(19)20/h1-4,13-14H,5-10,16-17H2. The van der Waals surface area contributed by atoms with E-state index in [4.69, 9.17) is 11.5 Å². The Bertz CT molecular complexity index is 479. The van der Waals surface area contributed by atoms with Crippen LogP contribution in [0.2, 0.25) is 0 Å². The lowest BCUT2D eigenvalue weighted by atomic mass is 10.0. The van der Waals surface area contributed by atoms with E-state index in [1.165, 1.54) is 5.69 Å². The Morgan fingerprint density at radius 1 is 1.00 bits per heavy atom. The maximum atomic E-state index is 12.0. The molecule has 5 heteroatoms. The third-order valence-electron chi connectivity index (χ3n) is 4.44. The summed E-state index contributed by atoms with van der Waals surface area (Å²) in [6.45, 7) is 2.79. The highest BCUT2D eigenvalue weighted by Gasteiger charge is 2.35. The van der Waals surface area contributed by atoms with Crippen molar-refractivity contribution in [2.75, 3.05) is 30.3 Å². The SMILES string of the molecule is Nc1ccc(N2CCC(N3CCC(N)C3=O)CC2)cc1. The molecular weight excluding hydrogens is 252 g/mol. The molecule has 1 amide bonds. The van der Waals surface area contributed by atoms with Crippen molar-refractivity contribution in [3.8, 4) is 0 Å². The number of carbonyl (C=O) groups is 1. The zero-order chi connectivity index (χ0) is 14.1. The summed E-state index contributed by atoms with van der Waals surface area (Å²) in [4.78, 5) is 16.3. The van der Waals surface area contributed by atoms with E-state index in [2.05, 4.69) is 17.0 Å². The van der Waals surface area contributed by atoms with Gasteiger partial charge in [0, 0.05) is 37.1 Å². The number of nitrogen functional groups attached to an aromatic ring is 1. The van der Waals surface area contributed by atoms with E-state index in [-0.39, 0.29) is 11.9 Å². The van der Waals surface area contributed by atoms with Crippen LogP contribution in [0, 0.1) is 0 Å². The van der Waals surface area contributed by atoms with Crippen LogP contribution >= 0.6 is 0 Å². The van der Waals surface area contributed by atoms with E-state index in [1.54, 1.807) is 0 Å². The molecule has 0 aromatic heterocycles. The van der Waals surface area contributed by atoms with Crippen LogP contribution in [-0.2, 0) is 4.79 Å². The second-order valence-corrected chi connectivity index (χ2v) is 5.74. The number of anilines is 2. The highest BCUT2D eigenvalue weighted by atomic mass is 16.2. The summed E-state index contributed by atoms with van der Waals surface area (Å²) in [6.07, 6.45) is 2.84. The van der Waals surface area contributed by atoms with Crippen LogP contribution in [0.25, 0.3) is 0 Å². The van der Waals surface area contributed by atoms with Crippen LogP contribution in [0.4, 0.5) is 11.4 Å². The lowest BCUT2D eigenvalue weighted by Crippen LogP contribution is -2.47. The molecule has 1 aromatic carbocycles. The second kappa shape index (κ2) is 5.32. The third-order valence-corrected chi connectivity index (χ3v) is 4.44. The molecular formula is C15H22N4O. The normalized spacial score (nSPS) is 24.4. The largest absolute Gasteiger partial charge is 0.399 e. The molecule has 20 heavy (non-hydrogen) atoms. The lowest BCUT2D eigenvalue weighted by Gasteiger charge is -2.38. The first-order valence-electron chi connectivity index (χ1n) is 7.32. The summed E-state index contributed by atoms with van der Waals surface area (Å²) in [5.74, 6) is 0.135. The zero-order valence-corrected chi connectivity index (χ0v) is 11.7. The zero-order valence-electron chi connectivity index (χ0n) is 11.7. The second-order valence-electron chi connectivity index (χ2n) is 5.74. The number of piperidine rings is 1. The van der Waals surface area contributed by atoms with Crippen molar-refractivity contribution in [1.82, 2.24) is 4.90 Å². The molecule has 0 spiro atoms. The molecule has 3 rings (SSSR count). The van der Waals surface area contributed by atoms with Crippen LogP contribution in [-0.4, -0.2) is 42.5 Å². The summed E-state index contributed by atoms with van der Waals surface area (Å²) >= 11 is 0. The van der Waals surface area contributed by atoms with Crippen molar-refractivity contribution in [2.24, 2.45) is 5.73 Å². The van der Waals surface area contributed by atoms with Crippen molar-refractivity contribution in [3.05, 3.63) is 24.3 Å². The van der Waals surface area contributed by atoms with Crippen molar-refractivity contribution in [2.45, 2.75) is 31.3 Å². The minimum atomic E-state index is -0.273. The van der Waals surface area contributed by atoms with Gasteiger partial charge in [-0.15, -0.1) is 0 Å². The van der Waals surface area contributed by atoms with Crippen molar-refractivity contribution in [1.29, 1.82) is 0 Å². The molecule has 2 aliphatic rings. The van der Waals surface area contributed by atoms with E-state index in [9.17, 15) is 4.79 Å². The fraction of sp³-hybridized carbons (Fsp3) is 0.533. The summed E-state index contributed by atoms with van der Waals surface area (Å²) < 4.78 is 0. The first-order valence-corrected chi connectivity index (χ1v) is 7.32. The van der Waals surface area contributed by atoms with Gasteiger partial charge in [0.05, 0.1) is 6.04 Å². The van der Waals surface area contributed by atoms with Gasteiger partial charge in [-0.3, -0.25) is 4.79 Å². The molecule has 2 fully saturated rings. The van der Waals surface area contributed by atoms with Gasteiger partial charge in [-0.25, -0.2) is 0 Å². The molecule has 0 aliphatic carbocycles. The minimum absolute atomic E-state index is 0.135. The Hall–Kier alpha value is -1.75. The van der Waals surface area contributed by atoms with Gasteiger partial charge < -0.3 is 21.3 Å². The molecule has 108 valence electrons. The topological polar surface area (TPSA) is 75.6 Å². The predicted octanol–water partition coefficient (Wildman–Crippen LogP) is 0.797. The van der Waals surface area contributed by atoms with Crippen LogP contribution in [0.1, 0.15) is 19.3 Å². The van der Waals surface area contributed by atoms with Gasteiger partial charge in [0.25, 0.3) is 0 Å². The Morgan fingerprint density at radius 2 is 1.65 bits per heavy atom. The fourth-order valence-electron chi connectivity index (χ4n) is 3.21. The maximum absolute atomic E-state index is 12.0. The van der Waals surface area contributed by atoms with Gasteiger partial charge >= 0.3 is 0 Å². The highest BCUT2D eigenvalue weighted by molar-refractivity contribution is 5.84. The summed E-state index contributed by atoms with van der Waals surface area (Å²) in [6, 6.07) is 8.08. The summed E-state index contributed by atoms with van der Waals surface area (Å²) in [5.41, 5.74) is 13.5. The third kappa shape index (κ3) is 2.45. The number of carbonyl (C=O) groups excluding carboxylic acids is 1. The monoisotopic (exact) mass is 274 g/mol. The van der Waals surface area contributed by atoms with Gasteiger partial charge in [-0.1, -0.05) is 0 Å². The molecule has 2 aliphatic heterocycles. The first-order chi connectivity index (χ1) is 9.65. The Labute approximate surface area is 119 Å². The smallest absolute Gasteiger partial charge is 0.239 e. The molecule has 1 unspecified atom stereocenters. The number of hydrogen-bond acceptors (Lipinski definition) is 4. The van der Waals surface area contributed by atoms with Gasteiger partial charge in [-0.2, -0.15) is 0 Å². The van der Waals surface area contributed by atoms with Crippen molar-refractivity contribution >= 4 is 17.3 Å². The van der Waals surface area contributed by atoms with Gasteiger partial charge in [0.1, 0.15) is 0 Å². The number of nitrogens with zero attached hydrogens (tertiary/aromatic N) is 2. The first kappa shape index (κ1) is 13.2. The minimum Gasteiger partial charge on any atom is -0.399 e. The Morgan fingerprint density at radius 3 is 2.20 bits per heavy atom. The van der Waals surface area contributed by atoms with E-state index in [1.807, 2.05) is 17.0 Å². The summed E-state index contributed by atoms with van der Waals surface area (Å²) in [5, 5.41) is 0. The van der Waals surface area contributed by atoms with E-state index in [0.717, 1.165) is 44.6 Å². The van der Waals surface area contributed by atoms with E-state index in [0.29, 0.717) is 6.04 Å². The lowest BCUT2D eigenvalue weighted by molar-refractivity contribution is -0.131. The molecule has 5 nitrogen and oxygen atoms in total. The quantitative estimate of drug-likeness (QED) is 0.782. The van der Waals surface area contributed by atoms with Gasteiger partial charge in [-0.05, 0) is 43.5 Å². The number of benzene rings is 1. The van der Waals surface area contributed by atoms with Crippen LogP contribution in [0.5, 0.6) is 0 Å². The van der Waals surface area contributed by atoms with Crippen molar-refractivity contribution < 1.29 is 4.79 Å². The molecule has 4 N–H and O–H groups in total. The molecule has 1 aromatic rings. The molecule has 0 bridgehead atoms. The maximum Gasteiger partial charge on any atom is 0.239 e. The predicted molar refractivity (Wildman–Crippen MR) is 80.4 cm³/mol. The van der Waals surface area contributed by atoms with Crippen molar-refractivity contribution in [3.63, 3.8) is 0 Å². The van der Waals surface area contributed by atoms with E-state index < -0.39 is 0 Å². The molecule has 0 saturated carbocycles. The fourth-order valence-corrected chi connectivity index (χ4v) is 3.21. The number of rotatable bonds is 2. The van der Waals surface area contributed by atoms with Crippen LogP contribution < -0.4 is 16.4 Å². The molecule has 2 saturated heterocycles. The van der Waals surface area contributed by atoms with Crippen LogP contribution in [0.15, 0.2) is 24.3 Å². The number of hydrogen-bond donors (Lipinski definition) is 2. The average Bonchev–Trinajstić information content (AvgIpc) is 2.80. The Balaban J connectivity index is 1.59.